The van der Waals surface area contributed by atoms with E-state index in [4.69, 9.17) is 0 Å². The van der Waals surface area contributed by atoms with Crippen LogP contribution in [0.1, 0.15) is 5.56 Å². The number of esters is 1. The van der Waals surface area contributed by atoms with Crippen LogP contribution in [0.3, 0.4) is 0 Å². The first kappa shape index (κ1) is 14.6. The predicted molar refractivity (Wildman–Crippen MR) is 66.4 cm³/mol. The number of pyridine rings is 1. The molecular weight excluding hydrogens is 256 g/mol. The molecule has 0 aromatic carbocycles. The van der Waals surface area contributed by atoms with E-state index < -0.39 is 16.0 Å². The molecule has 0 atom stereocenters. The lowest BCUT2D eigenvalue weighted by Crippen LogP contribution is -2.34. The largest absolute Gasteiger partial charge is 0.468 e. The minimum Gasteiger partial charge on any atom is -0.468 e. The van der Waals surface area contributed by atoms with Crippen LogP contribution < -0.4 is 0 Å². The Morgan fingerprint density at radius 3 is 2.56 bits per heavy atom. The topological polar surface area (TPSA) is 76.6 Å². The third-order valence-corrected chi connectivity index (χ3v) is 4.25. The van der Waals surface area contributed by atoms with Crippen molar-refractivity contribution >= 4 is 16.0 Å². The van der Waals surface area contributed by atoms with Gasteiger partial charge in [-0.2, -0.15) is 4.31 Å². The van der Waals surface area contributed by atoms with Gasteiger partial charge in [-0.3, -0.25) is 9.78 Å². The molecule has 100 valence electrons. The number of carbonyl (C=O) groups excluding carboxylic acids is 1. The molecule has 0 aliphatic rings. The zero-order valence-electron chi connectivity index (χ0n) is 10.4. The highest BCUT2D eigenvalue weighted by molar-refractivity contribution is 7.89. The van der Waals surface area contributed by atoms with Gasteiger partial charge >= 0.3 is 5.97 Å². The summed E-state index contributed by atoms with van der Waals surface area (Å²) in [5.74, 6) is -0.630. The van der Waals surface area contributed by atoms with Crippen molar-refractivity contribution in [2.45, 2.75) is 6.42 Å². The molecule has 1 aromatic rings. The molecule has 0 radical (unpaired) electrons. The van der Waals surface area contributed by atoms with Crippen LogP contribution in [0, 0.1) is 0 Å². The lowest BCUT2D eigenvalue weighted by molar-refractivity contribution is -0.140. The summed E-state index contributed by atoms with van der Waals surface area (Å²) in [6.07, 6.45) is 3.61. The summed E-state index contributed by atoms with van der Waals surface area (Å²) < 4.78 is 29.1. The quantitative estimate of drug-likeness (QED) is 0.684. The Kier molecular flexibility index (Phi) is 5.24. The van der Waals surface area contributed by atoms with Crippen LogP contribution >= 0.6 is 0 Å². The highest BCUT2D eigenvalue weighted by atomic mass is 32.2. The van der Waals surface area contributed by atoms with Crippen molar-refractivity contribution in [1.29, 1.82) is 0 Å². The van der Waals surface area contributed by atoms with E-state index in [1.165, 1.54) is 14.2 Å². The predicted octanol–water partition coefficient (Wildman–Crippen LogP) is 0.0587. The van der Waals surface area contributed by atoms with Crippen LogP contribution in [-0.4, -0.2) is 50.1 Å². The minimum absolute atomic E-state index is 0.0511. The molecule has 0 fully saturated rings. The van der Waals surface area contributed by atoms with Crippen molar-refractivity contribution in [1.82, 2.24) is 9.29 Å². The third-order valence-electron chi connectivity index (χ3n) is 2.45. The molecular formula is C11H16N2O4S. The fourth-order valence-corrected chi connectivity index (χ4v) is 2.40. The normalized spacial score (nSPS) is 11.5. The van der Waals surface area contributed by atoms with E-state index >= 15 is 0 Å². The van der Waals surface area contributed by atoms with Crippen molar-refractivity contribution in [2.75, 3.05) is 26.5 Å². The fraction of sp³-hybridized carbons (Fsp3) is 0.455. The smallest absolute Gasteiger partial charge is 0.320 e. The third kappa shape index (κ3) is 4.42. The number of hydrogen-bond acceptors (Lipinski definition) is 5. The van der Waals surface area contributed by atoms with Gasteiger partial charge in [0.15, 0.2) is 0 Å². The van der Waals surface area contributed by atoms with E-state index in [0.717, 1.165) is 9.87 Å². The Labute approximate surface area is 107 Å². The maximum atomic E-state index is 11.9. The average Bonchev–Trinajstić information content (AvgIpc) is 2.37. The second-order valence-electron chi connectivity index (χ2n) is 3.75. The van der Waals surface area contributed by atoms with Crippen molar-refractivity contribution < 1.29 is 17.9 Å². The van der Waals surface area contributed by atoms with E-state index in [1.807, 2.05) is 0 Å². The van der Waals surface area contributed by atoms with Gasteiger partial charge in [-0.15, -0.1) is 0 Å². The zero-order chi connectivity index (χ0) is 13.6. The molecule has 0 saturated heterocycles. The van der Waals surface area contributed by atoms with Gasteiger partial charge in [0.1, 0.15) is 6.54 Å². The molecule has 0 spiro atoms. The number of methoxy groups -OCH3 is 1. The number of sulfonamides is 1. The molecule has 18 heavy (non-hydrogen) atoms. The van der Waals surface area contributed by atoms with Crippen LogP contribution in [0.5, 0.6) is 0 Å². The molecule has 1 aromatic heterocycles. The van der Waals surface area contributed by atoms with Gasteiger partial charge in [0.2, 0.25) is 10.0 Å². The molecule has 1 rings (SSSR count). The first-order valence-corrected chi connectivity index (χ1v) is 6.96. The van der Waals surface area contributed by atoms with Crippen LogP contribution in [-0.2, 0) is 26.0 Å². The van der Waals surface area contributed by atoms with Crippen LogP contribution in [0.15, 0.2) is 24.5 Å². The van der Waals surface area contributed by atoms with Crippen molar-refractivity contribution in [3.8, 4) is 0 Å². The highest BCUT2D eigenvalue weighted by Gasteiger charge is 2.20. The second kappa shape index (κ2) is 6.46. The van der Waals surface area contributed by atoms with E-state index in [9.17, 15) is 13.2 Å². The standard InChI is InChI=1S/C11H16N2O4S/c1-13(9-11(14)17-2)18(15,16)8-5-10-3-6-12-7-4-10/h3-4,6-7H,5,8-9H2,1-2H3. The molecule has 7 heteroatoms. The maximum absolute atomic E-state index is 11.9. The summed E-state index contributed by atoms with van der Waals surface area (Å²) in [6, 6.07) is 3.52. The Balaban J connectivity index is 2.57. The molecule has 0 N–H and O–H groups in total. The Morgan fingerprint density at radius 2 is 2.00 bits per heavy atom. The van der Waals surface area contributed by atoms with E-state index in [1.54, 1.807) is 24.5 Å². The second-order valence-corrected chi connectivity index (χ2v) is 5.95. The zero-order valence-corrected chi connectivity index (χ0v) is 11.2. The molecule has 0 saturated carbocycles. The molecule has 0 unspecified atom stereocenters. The first-order valence-electron chi connectivity index (χ1n) is 5.35. The minimum atomic E-state index is -3.45. The molecule has 0 bridgehead atoms. The summed E-state index contributed by atoms with van der Waals surface area (Å²) in [6.45, 7) is -0.269. The van der Waals surface area contributed by atoms with Crippen LogP contribution in [0.2, 0.25) is 0 Å². The van der Waals surface area contributed by atoms with Gasteiger partial charge in [-0.1, -0.05) is 0 Å². The van der Waals surface area contributed by atoms with Crippen molar-refractivity contribution in [2.24, 2.45) is 0 Å². The van der Waals surface area contributed by atoms with E-state index in [-0.39, 0.29) is 12.3 Å². The van der Waals surface area contributed by atoms with Gasteiger partial charge < -0.3 is 4.74 Å². The Bertz CT molecular complexity index is 487. The number of nitrogens with zero attached hydrogens (tertiary/aromatic N) is 2. The highest BCUT2D eigenvalue weighted by Crippen LogP contribution is 2.04. The van der Waals surface area contributed by atoms with Gasteiger partial charge in [0, 0.05) is 19.4 Å². The van der Waals surface area contributed by atoms with E-state index in [0.29, 0.717) is 6.42 Å². The lowest BCUT2D eigenvalue weighted by atomic mass is 10.2. The van der Waals surface area contributed by atoms with Gasteiger partial charge in [-0.25, -0.2) is 8.42 Å². The monoisotopic (exact) mass is 272 g/mol. The lowest BCUT2D eigenvalue weighted by Gasteiger charge is -2.15. The first-order chi connectivity index (χ1) is 8.45. The van der Waals surface area contributed by atoms with Gasteiger partial charge in [0.05, 0.1) is 12.9 Å². The van der Waals surface area contributed by atoms with Crippen molar-refractivity contribution in [3.63, 3.8) is 0 Å². The number of aryl methyl sites for hydroxylation is 1. The van der Waals surface area contributed by atoms with Crippen molar-refractivity contribution in [3.05, 3.63) is 30.1 Å². The summed E-state index contributed by atoms with van der Waals surface area (Å²) in [7, 11) is -0.870. The van der Waals surface area contributed by atoms with Crippen LogP contribution in [0.25, 0.3) is 0 Å². The Morgan fingerprint density at radius 1 is 1.39 bits per heavy atom. The number of carbonyl (C=O) groups is 1. The number of hydrogen-bond donors (Lipinski definition) is 0. The summed E-state index contributed by atoms with van der Waals surface area (Å²) in [5, 5.41) is 0. The number of likely N-dealkylation sites (N-methyl/N-ethyl adjacent to an activating group) is 1. The fourth-order valence-electron chi connectivity index (χ4n) is 1.30. The molecule has 6 nitrogen and oxygen atoms in total. The van der Waals surface area contributed by atoms with E-state index in [2.05, 4.69) is 9.72 Å². The number of aromatic nitrogens is 1. The summed E-state index contributed by atoms with van der Waals surface area (Å²) in [4.78, 5) is 14.9. The van der Waals surface area contributed by atoms with Crippen LogP contribution in [0.4, 0.5) is 0 Å². The summed E-state index contributed by atoms with van der Waals surface area (Å²) in [5.41, 5.74) is 0.889. The average molecular weight is 272 g/mol. The van der Waals surface area contributed by atoms with Gasteiger partial charge in [-0.05, 0) is 24.1 Å². The molecule has 0 aliphatic heterocycles. The SMILES string of the molecule is COC(=O)CN(C)S(=O)(=O)CCc1ccncc1. The Hall–Kier alpha value is -1.47. The molecule has 1 heterocycles. The number of ether oxygens (including phenoxy) is 1. The molecule has 0 aliphatic carbocycles. The maximum Gasteiger partial charge on any atom is 0.320 e. The summed E-state index contributed by atoms with van der Waals surface area (Å²) >= 11 is 0. The number of rotatable bonds is 6. The molecule has 0 amide bonds. The van der Waals surface area contributed by atoms with Gasteiger partial charge in [0.25, 0.3) is 0 Å².